The average Bonchev–Trinajstić information content (AvgIpc) is 1.47. The minimum atomic E-state index is -3.83. The second-order valence-corrected chi connectivity index (χ2v) is 28.4. The zero-order chi connectivity index (χ0) is 67.1. The SMILES string of the molecule is CC(C)(C)OO.CNCCCCCl.COc1cc(CO)c(OC)c2ccccc12.COc1cc(COP(=O)(OCC2C=CC(n3cc(C)c(=O)[nH]c3=O)O2)N(C)CCCCCl)c(OC)c2ccccc12.Cc1cn(C2C=CC(CO)O2)c(=O)[nH]c1=O.Cl.ClP(Cl)Cl. The number of fused-ring (bicyclic) bond motifs is 2. The molecule has 0 amide bonds. The van der Waals surface area contributed by atoms with E-state index in [9.17, 15) is 28.8 Å². The van der Waals surface area contributed by atoms with Gasteiger partial charge in [-0.25, -0.2) is 23.7 Å². The van der Waals surface area contributed by atoms with Crippen molar-refractivity contribution >= 4 is 105 Å². The summed E-state index contributed by atoms with van der Waals surface area (Å²) < 4.78 is 63.4. The maximum absolute atomic E-state index is 14.1. The number of halogens is 6. The maximum Gasteiger partial charge on any atom is 0.408 e. The first-order valence-corrected chi connectivity index (χ1v) is 34.7. The van der Waals surface area contributed by atoms with Gasteiger partial charge in [0.2, 0.25) is 0 Å². The van der Waals surface area contributed by atoms with E-state index < -0.39 is 66.5 Å². The van der Waals surface area contributed by atoms with E-state index in [0.29, 0.717) is 52.8 Å². The van der Waals surface area contributed by atoms with Crippen molar-refractivity contribution in [3.63, 3.8) is 0 Å². The summed E-state index contributed by atoms with van der Waals surface area (Å²) in [6, 6.07) is 19.1. The number of benzene rings is 4. The van der Waals surface area contributed by atoms with Crippen molar-refractivity contribution in [2.75, 3.05) is 80.6 Å². The lowest BCUT2D eigenvalue weighted by molar-refractivity contribution is -0.306. The lowest BCUT2D eigenvalue weighted by atomic mass is 10.0. The van der Waals surface area contributed by atoms with Crippen LogP contribution in [0.15, 0.2) is 117 Å². The zero-order valence-electron chi connectivity index (χ0n) is 52.6. The van der Waals surface area contributed by atoms with Gasteiger partial charge in [0, 0.05) is 74.5 Å². The number of nitrogens with one attached hydrogen (secondary N) is 3. The Kier molecular flexibility index (Phi) is 38.7. The molecule has 0 fully saturated rings. The molecule has 2 aliphatic heterocycles. The third kappa shape index (κ3) is 26.6. The first-order valence-electron chi connectivity index (χ1n) is 28.1. The van der Waals surface area contributed by atoms with Crippen LogP contribution in [-0.2, 0) is 41.2 Å². The number of ether oxygens (including phenoxy) is 6. The quantitative estimate of drug-likeness (QED) is 0.00868. The lowest BCUT2D eigenvalue weighted by Gasteiger charge is -2.28. The maximum atomic E-state index is 14.1. The molecule has 6 aromatic rings. The van der Waals surface area contributed by atoms with Crippen molar-refractivity contribution in [2.24, 2.45) is 0 Å². The molecule has 0 spiro atoms. The highest BCUT2D eigenvalue weighted by Gasteiger charge is 2.34. The molecule has 0 aliphatic carbocycles. The number of methoxy groups -OCH3 is 4. The fourth-order valence-corrected chi connectivity index (χ4v) is 10.2. The van der Waals surface area contributed by atoms with E-state index in [1.165, 1.54) is 27.9 Å². The Labute approximate surface area is 561 Å². The normalized spacial score (nSPS) is 16.1. The molecule has 2 aromatic heterocycles. The number of aliphatic hydroxyl groups excluding tert-OH is 2. The number of H-pyrrole nitrogens is 2. The third-order valence-electron chi connectivity index (χ3n) is 12.9. The molecular weight excluding hydrogens is 1350 g/mol. The summed E-state index contributed by atoms with van der Waals surface area (Å²) in [5.74, 6) is 2.75. The Morgan fingerprint density at radius 3 is 1.52 bits per heavy atom. The van der Waals surface area contributed by atoms with Gasteiger partial charge in [0.25, 0.3) is 11.1 Å². The number of aryl methyl sites for hydroxylation is 2. The summed E-state index contributed by atoms with van der Waals surface area (Å²) >= 11 is 25.9. The van der Waals surface area contributed by atoms with Gasteiger partial charge in [-0.3, -0.25) is 43.0 Å². The van der Waals surface area contributed by atoms with Crippen LogP contribution in [0.4, 0.5) is 0 Å². The molecule has 31 heteroatoms. The van der Waals surface area contributed by atoms with Crippen molar-refractivity contribution in [3.8, 4) is 23.0 Å². The Balaban J connectivity index is 0.000000459. The van der Waals surface area contributed by atoms with Crippen LogP contribution in [0.2, 0.25) is 0 Å². The van der Waals surface area contributed by atoms with Crippen molar-refractivity contribution < 1.29 is 62.4 Å². The molecule has 0 saturated heterocycles. The van der Waals surface area contributed by atoms with Crippen LogP contribution in [-0.4, -0.2) is 138 Å². The van der Waals surface area contributed by atoms with Crippen LogP contribution < -0.4 is 46.8 Å². The highest BCUT2D eigenvalue weighted by Crippen LogP contribution is 2.53. The van der Waals surface area contributed by atoms with Crippen LogP contribution in [0, 0.1) is 13.8 Å². The number of unbranched alkanes of at least 4 members (excludes halogenated alkanes) is 2. The van der Waals surface area contributed by atoms with Crippen LogP contribution in [0.3, 0.4) is 0 Å². The molecule has 508 valence electrons. The molecule has 0 radical (unpaired) electrons. The second-order valence-electron chi connectivity index (χ2n) is 20.5. The number of hydrogen-bond acceptors (Lipinski definition) is 18. The summed E-state index contributed by atoms with van der Waals surface area (Å²) in [6.07, 6.45) is 11.0. The molecule has 23 nitrogen and oxygen atoms in total. The third-order valence-corrected chi connectivity index (χ3v) is 15.4. The second kappa shape index (κ2) is 42.7. The largest absolute Gasteiger partial charge is 0.496 e. The Morgan fingerprint density at radius 1 is 0.681 bits per heavy atom. The van der Waals surface area contributed by atoms with Crippen molar-refractivity contribution in [3.05, 3.63) is 161 Å². The molecule has 5 unspecified atom stereocenters. The summed E-state index contributed by atoms with van der Waals surface area (Å²) in [5.41, 5.74) is -0.189. The van der Waals surface area contributed by atoms with Gasteiger partial charge >= 0.3 is 19.1 Å². The van der Waals surface area contributed by atoms with Crippen LogP contribution in [0.25, 0.3) is 21.5 Å². The minimum Gasteiger partial charge on any atom is -0.496 e. The smallest absolute Gasteiger partial charge is 0.408 e. The summed E-state index contributed by atoms with van der Waals surface area (Å²) in [5, 5.41) is 32.8. The summed E-state index contributed by atoms with van der Waals surface area (Å²) in [7, 11) is 6.17. The summed E-state index contributed by atoms with van der Waals surface area (Å²) in [6.45, 7) is 9.67. The van der Waals surface area contributed by atoms with E-state index >= 15 is 0 Å². The van der Waals surface area contributed by atoms with Crippen LogP contribution in [0.5, 0.6) is 23.0 Å². The fraction of sp³-hybridized carbons (Fsp3) is 0.467. The predicted octanol–water partition coefficient (Wildman–Crippen LogP) is 12.3. The number of rotatable bonds is 23. The number of aromatic amines is 2. The zero-order valence-corrected chi connectivity index (χ0v) is 59.0. The van der Waals surface area contributed by atoms with E-state index in [4.69, 9.17) is 105 Å². The van der Waals surface area contributed by atoms with Gasteiger partial charge in [-0.15, -0.1) is 35.6 Å². The number of alkyl halides is 2. The van der Waals surface area contributed by atoms with Gasteiger partial charge in [-0.05, 0) is 105 Å². The molecule has 91 heavy (non-hydrogen) atoms. The first-order chi connectivity index (χ1) is 42.8. The van der Waals surface area contributed by atoms with Gasteiger partial charge in [0.05, 0.1) is 60.5 Å². The fourth-order valence-electron chi connectivity index (χ4n) is 8.34. The van der Waals surface area contributed by atoms with E-state index in [2.05, 4.69) is 20.2 Å². The number of aliphatic hydroxyl groups is 2. The number of aromatic nitrogens is 4. The van der Waals surface area contributed by atoms with Crippen LogP contribution in [0.1, 0.15) is 81.2 Å². The molecule has 0 bridgehead atoms. The monoisotopic (exact) mass is 1430 g/mol. The number of nitrogens with zero attached hydrogens (tertiary/aromatic N) is 3. The van der Waals surface area contributed by atoms with E-state index in [1.54, 1.807) is 111 Å². The molecule has 4 heterocycles. The Bertz CT molecular complexity index is 3510. The topological polar surface area (TPSA) is 286 Å². The van der Waals surface area contributed by atoms with Gasteiger partial charge in [-0.1, -0.05) is 94.4 Å². The van der Waals surface area contributed by atoms with Gasteiger partial charge < -0.3 is 44.0 Å². The van der Waals surface area contributed by atoms with Crippen LogP contribution >= 0.6 is 83.1 Å². The predicted molar refractivity (Wildman–Crippen MR) is 365 cm³/mol. The van der Waals surface area contributed by atoms with Gasteiger partial charge in [0.1, 0.15) is 35.2 Å². The lowest BCUT2D eigenvalue weighted by Crippen LogP contribution is -2.33. The number of hydrogen-bond donors (Lipinski definition) is 6. The highest BCUT2D eigenvalue weighted by atomic mass is 36.0. The molecule has 4 aromatic carbocycles. The Morgan fingerprint density at radius 2 is 1.11 bits per heavy atom. The molecule has 0 saturated carbocycles. The standard InChI is InChI=1S/C28H35ClN3O8P.C13H14O3.C10H12N2O4.C5H12ClN.C4H10O2.Cl3P.ClH/c1-19-16-32(28(34)30-27(19)33)25-12-11-21(40-25)18-39-41(35,31(2)14-8-7-13-29)38-17-20-15-24(36-3)22-9-5-6-10-23(22)26(20)37-4;1-15-12-7-9(8-14)13(16-2)11-6-4-3-5-10(11)12;1-6-4-12(10(15)11-9(6)14)8-3-2-7(5-13)16-8;1-7-5-3-2-4-6;1-4(2,3)6-5;1-4(2)3;/h5-6,9-12,15-16,21,25H,7-8,13-14,17-18H2,1-4H3,(H,30,33,34);3-7,14H,8H2,1-2H3;2-4,7-8,13H,5H2,1H3,(H,11,14,15);7H,2-5H2,1H3;5H,1-3H3;;1H. The van der Waals surface area contributed by atoms with Crippen molar-refractivity contribution in [2.45, 2.75) is 104 Å². The van der Waals surface area contributed by atoms with Gasteiger partial charge in [-0.2, -0.15) is 0 Å². The molecule has 5 atom stereocenters. The first kappa shape index (κ1) is 82.5. The molecule has 6 N–H and O–H groups in total. The minimum absolute atomic E-state index is 0. The van der Waals surface area contributed by atoms with Gasteiger partial charge in [0.15, 0.2) is 18.4 Å². The van der Waals surface area contributed by atoms with E-state index in [0.717, 1.165) is 58.1 Å². The molecular formula is C60H84Cl6N6O17P2. The van der Waals surface area contributed by atoms with Crippen molar-refractivity contribution in [1.82, 2.24) is 29.1 Å². The Hall–Kier alpha value is -4.56. The van der Waals surface area contributed by atoms with E-state index in [-0.39, 0.29) is 38.8 Å². The van der Waals surface area contributed by atoms with Crippen molar-refractivity contribution in [1.29, 1.82) is 0 Å². The molecule has 8 rings (SSSR count). The van der Waals surface area contributed by atoms with E-state index in [1.807, 2.05) is 55.6 Å². The average molecular weight is 1440 g/mol. The highest BCUT2D eigenvalue weighted by molar-refractivity contribution is 8.20. The molecule has 2 aliphatic rings. The summed E-state index contributed by atoms with van der Waals surface area (Å²) in [4.78, 5) is 55.1.